The van der Waals surface area contributed by atoms with Gasteiger partial charge in [-0.25, -0.2) is 0 Å². The van der Waals surface area contributed by atoms with Gasteiger partial charge < -0.3 is 11.1 Å². The summed E-state index contributed by atoms with van der Waals surface area (Å²) in [6, 6.07) is 12.3. The van der Waals surface area contributed by atoms with E-state index >= 15 is 0 Å². The lowest BCUT2D eigenvalue weighted by atomic mass is 10.2. The molecule has 0 aliphatic carbocycles. The molecule has 0 heterocycles. The molecule has 2 amide bonds. The number of nitrogens with one attached hydrogen (secondary N) is 1. The second kappa shape index (κ2) is 7.41. The van der Waals surface area contributed by atoms with E-state index in [1.807, 2.05) is 0 Å². The molecule has 2 rings (SSSR count). The first-order chi connectivity index (χ1) is 11.0. The van der Waals surface area contributed by atoms with Crippen LogP contribution < -0.4 is 11.1 Å². The third-order valence-corrected chi connectivity index (χ3v) is 3.85. The normalized spacial score (nSPS) is 10.1. The van der Waals surface area contributed by atoms with Crippen LogP contribution in [0.15, 0.2) is 53.4 Å². The van der Waals surface area contributed by atoms with Crippen LogP contribution in [0.25, 0.3) is 0 Å². The highest BCUT2D eigenvalue weighted by Gasteiger charge is 2.11. The number of non-ortho nitro benzene ring substituents is 1. The van der Waals surface area contributed by atoms with Gasteiger partial charge >= 0.3 is 0 Å². The fraction of sp³-hybridized carbons (Fsp3) is 0.0667. The van der Waals surface area contributed by atoms with Gasteiger partial charge in [0.2, 0.25) is 5.91 Å². The van der Waals surface area contributed by atoms with Gasteiger partial charge in [0.25, 0.3) is 11.6 Å². The van der Waals surface area contributed by atoms with Crippen LogP contribution in [0.1, 0.15) is 10.4 Å². The van der Waals surface area contributed by atoms with Crippen molar-refractivity contribution in [3.63, 3.8) is 0 Å². The van der Waals surface area contributed by atoms with Gasteiger partial charge in [0.05, 0.1) is 10.7 Å². The Morgan fingerprint density at radius 3 is 2.48 bits per heavy atom. The molecular weight excluding hydrogens is 318 g/mol. The fourth-order valence-electron chi connectivity index (χ4n) is 1.75. The molecule has 0 aromatic heterocycles. The topological polar surface area (TPSA) is 115 Å². The minimum Gasteiger partial charge on any atom is -0.369 e. The zero-order valence-electron chi connectivity index (χ0n) is 11.9. The lowest BCUT2D eigenvalue weighted by Crippen LogP contribution is -2.13. The molecule has 0 aliphatic heterocycles. The van der Waals surface area contributed by atoms with E-state index in [1.54, 1.807) is 24.3 Å². The average molecular weight is 331 g/mol. The smallest absolute Gasteiger partial charge is 0.270 e. The molecular formula is C15H13N3O4S. The highest BCUT2D eigenvalue weighted by molar-refractivity contribution is 8.00. The molecule has 8 heteroatoms. The number of amides is 2. The second-order valence-corrected chi connectivity index (χ2v) is 5.59. The molecule has 2 aromatic carbocycles. The van der Waals surface area contributed by atoms with Crippen molar-refractivity contribution >= 4 is 35.0 Å². The highest BCUT2D eigenvalue weighted by atomic mass is 32.2. The van der Waals surface area contributed by atoms with Crippen LogP contribution in [-0.2, 0) is 4.79 Å². The molecule has 2 aromatic rings. The predicted molar refractivity (Wildman–Crippen MR) is 87.4 cm³/mol. The number of nitrogens with two attached hydrogens (primary N) is 1. The lowest BCUT2D eigenvalue weighted by molar-refractivity contribution is -0.384. The number of nitro groups is 1. The Bertz CT molecular complexity index is 747. The summed E-state index contributed by atoms with van der Waals surface area (Å²) in [5.74, 6) is -0.663. The molecule has 0 saturated heterocycles. The van der Waals surface area contributed by atoms with E-state index in [9.17, 15) is 19.7 Å². The van der Waals surface area contributed by atoms with E-state index in [0.717, 1.165) is 4.90 Å². The molecule has 0 radical (unpaired) electrons. The van der Waals surface area contributed by atoms with Gasteiger partial charge in [-0.05, 0) is 30.3 Å². The van der Waals surface area contributed by atoms with Crippen molar-refractivity contribution in [2.75, 3.05) is 11.1 Å². The van der Waals surface area contributed by atoms with Crippen molar-refractivity contribution in [1.29, 1.82) is 0 Å². The molecule has 3 N–H and O–H groups in total. The maximum Gasteiger partial charge on any atom is 0.270 e. The minimum absolute atomic E-state index is 0.143. The average Bonchev–Trinajstić information content (AvgIpc) is 2.54. The Hall–Kier alpha value is -2.87. The first-order valence-electron chi connectivity index (χ1n) is 6.52. The maximum atomic E-state index is 12.1. The van der Waals surface area contributed by atoms with Crippen molar-refractivity contribution < 1.29 is 14.5 Å². The number of benzene rings is 2. The number of hydrogen-bond donors (Lipinski definition) is 2. The van der Waals surface area contributed by atoms with Gasteiger partial charge in [-0.3, -0.25) is 19.7 Å². The second-order valence-electron chi connectivity index (χ2n) is 4.54. The van der Waals surface area contributed by atoms with Crippen LogP contribution in [0, 0.1) is 10.1 Å². The van der Waals surface area contributed by atoms with Gasteiger partial charge in [0.15, 0.2) is 0 Å². The molecule has 0 spiro atoms. The summed E-state index contributed by atoms with van der Waals surface area (Å²) in [7, 11) is 0. The van der Waals surface area contributed by atoms with Crippen molar-refractivity contribution in [2.24, 2.45) is 5.73 Å². The number of carbonyl (C=O) groups is 2. The zero-order valence-corrected chi connectivity index (χ0v) is 12.7. The third kappa shape index (κ3) is 4.82. The molecule has 118 valence electrons. The Balaban J connectivity index is 2.04. The third-order valence-electron chi connectivity index (χ3n) is 2.81. The van der Waals surface area contributed by atoms with E-state index in [1.165, 1.54) is 36.0 Å². The van der Waals surface area contributed by atoms with Gasteiger partial charge in [-0.2, -0.15) is 0 Å². The summed E-state index contributed by atoms with van der Waals surface area (Å²) >= 11 is 1.30. The summed E-state index contributed by atoms with van der Waals surface area (Å²) in [6.45, 7) is 0. The summed E-state index contributed by atoms with van der Waals surface area (Å²) in [4.78, 5) is 33.8. The van der Waals surface area contributed by atoms with Crippen LogP contribution in [0.2, 0.25) is 0 Å². The number of primary amides is 1. The number of nitrogens with zero attached hydrogens (tertiary/aromatic N) is 1. The summed E-state index contributed by atoms with van der Waals surface area (Å²) in [5, 5.41) is 13.4. The Morgan fingerprint density at radius 1 is 1.17 bits per heavy atom. The van der Waals surface area contributed by atoms with Gasteiger partial charge in [-0.15, -0.1) is 11.8 Å². The van der Waals surface area contributed by atoms with E-state index in [2.05, 4.69) is 5.32 Å². The first-order valence-corrected chi connectivity index (χ1v) is 7.51. The number of nitro benzene ring substituents is 1. The SMILES string of the molecule is NC(=O)CSc1ccc(NC(=O)c2cccc([N+](=O)[O-])c2)cc1. The number of hydrogen-bond acceptors (Lipinski definition) is 5. The highest BCUT2D eigenvalue weighted by Crippen LogP contribution is 2.21. The van der Waals surface area contributed by atoms with Crippen LogP contribution in [0.5, 0.6) is 0 Å². The van der Waals surface area contributed by atoms with Crippen LogP contribution in [0.4, 0.5) is 11.4 Å². The van der Waals surface area contributed by atoms with Gasteiger partial charge in [-0.1, -0.05) is 6.07 Å². The quantitative estimate of drug-likeness (QED) is 0.479. The largest absolute Gasteiger partial charge is 0.369 e. The maximum absolute atomic E-state index is 12.1. The minimum atomic E-state index is -0.554. The molecule has 0 unspecified atom stereocenters. The van der Waals surface area contributed by atoms with Crippen LogP contribution in [-0.4, -0.2) is 22.5 Å². The standard InChI is InChI=1S/C15H13N3O4S/c16-14(19)9-23-13-6-4-11(5-7-13)17-15(20)10-2-1-3-12(8-10)18(21)22/h1-8H,9H2,(H2,16,19)(H,17,20). The Labute approximate surface area is 136 Å². The lowest BCUT2D eigenvalue weighted by Gasteiger charge is -2.06. The van der Waals surface area contributed by atoms with Gasteiger partial charge in [0, 0.05) is 28.3 Å². The zero-order chi connectivity index (χ0) is 16.8. The summed E-state index contributed by atoms with van der Waals surface area (Å²) in [5.41, 5.74) is 5.67. The molecule has 7 nitrogen and oxygen atoms in total. The molecule has 0 bridgehead atoms. The number of rotatable bonds is 6. The van der Waals surface area contributed by atoms with E-state index in [4.69, 9.17) is 5.73 Å². The number of anilines is 1. The van der Waals surface area contributed by atoms with Gasteiger partial charge in [0.1, 0.15) is 0 Å². The first kappa shape index (κ1) is 16.5. The molecule has 0 atom stereocenters. The molecule has 23 heavy (non-hydrogen) atoms. The number of carbonyl (C=O) groups excluding carboxylic acids is 2. The molecule has 0 aliphatic rings. The Morgan fingerprint density at radius 2 is 1.87 bits per heavy atom. The van der Waals surface area contributed by atoms with E-state index in [0.29, 0.717) is 5.69 Å². The predicted octanol–water partition coefficient (Wildman–Crippen LogP) is 2.42. The Kier molecular flexibility index (Phi) is 5.32. The van der Waals surface area contributed by atoms with E-state index in [-0.39, 0.29) is 17.0 Å². The number of thioether (sulfide) groups is 1. The summed E-state index contributed by atoms with van der Waals surface area (Å²) < 4.78 is 0. The van der Waals surface area contributed by atoms with Crippen LogP contribution >= 0.6 is 11.8 Å². The molecule has 0 fully saturated rings. The fourth-order valence-corrected chi connectivity index (χ4v) is 2.39. The van der Waals surface area contributed by atoms with Crippen molar-refractivity contribution in [3.8, 4) is 0 Å². The van der Waals surface area contributed by atoms with Crippen molar-refractivity contribution in [2.45, 2.75) is 4.90 Å². The summed E-state index contributed by atoms with van der Waals surface area (Å²) in [6.07, 6.45) is 0. The van der Waals surface area contributed by atoms with Crippen molar-refractivity contribution in [1.82, 2.24) is 0 Å². The van der Waals surface area contributed by atoms with E-state index < -0.39 is 16.7 Å². The van der Waals surface area contributed by atoms with Crippen LogP contribution in [0.3, 0.4) is 0 Å². The monoisotopic (exact) mass is 331 g/mol. The van der Waals surface area contributed by atoms with Crippen molar-refractivity contribution in [3.05, 3.63) is 64.2 Å². The molecule has 0 saturated carbocycles.